The van der Waals surface area contributed by atoms with Crippen LogP contribution in [0.15, 0.2) is 28.8 Å². The first-order valence-corrected chi connectivity index (χ1v) is 5.94. The lowest BCUT2D eigenvalue weighted by molar-refractivity contribution is 0.0697. The van der Waals surface area contributed by atoms with E-state index < -0.39 is 5.97 Å². The van der Waals surface area contributed by atoms with Crippen molar-refractivity contribution in [3.05, 3.63) is 35.7 Å². The van der Waals surface area contributed by atoms with Gasteiger partial charge in [-0.3, -0.25) is 0 Å². The fourth-order valence-electron chi connectivity index (χ4n) is 1.54. The first-order chi connectivity index (χ1) is 9.20. The molecule has 2 aromatic rings. The quantitative estimate of drug-likeness (QED) is 0.801. The van der Waals surface area contributed by atoms with Crippen LogP contribution in [0, 0.1) is 0 Å². The van der Waals surface area contributed by atoms with Crippen LogP contribution < -0.4 is 0 Å². The highest BCUT2D eigenvalue weighted by molar-refractivity contribution is 5.88. The van der Waals surface area contributed by atoms with E-state index in [0.717, 1.165) is 0 Å². The highest BCUT2D eigenvalue weighted by Gasteiger charge is 2.09. The first kappa shape index (κ1) is 13.2. The lowest BCUT2D eigenvalue weighted by atomic mass is 10.1. The zero-order valence-corrected chi connectivity index (χ0v) is 10.5. The molecule has 1 aromatic heterocycles. The molecule has 19 heavy (non-hydrogen) atoms. The van der Waals surface area contributed by atoms with E-state index in [1.807, 2.05) is 6.92 Å². The molecule has 0 aliphatic heterocycles. The van der Waals surface area contributed by atoms with E-state index >= 15 is 0 Å². The Morgan fingerprint density at radius 3 is 2.74 bits per heavy atom. The molecule has 1 N–H and O–H groups in total. The molecule has 0 bridgehead atoms. The van der Waals surface area contributed by atoms with Crippen molar-refractivity contribution in [2.45, 2.75) is 13.3 Å². The summed E-state index contributed by atoms with van der Waals surface area (Å²) in [6, 6.07) is 6.29. The Bertz CT molecular complexity index is 548. The SMILES string of the molecule is CCOCCc1noc(-c2ccc(C(=O)O)cc2)n1. The molecular formula is C13H14N2O4. The number of aromatic carboxylic acids is 1. The average molecular weight is 262 g/mol. The second kappa shape index (κ2) is 6.10. The average Bonchev–Trinajstić information content (AvgIpc) is 2.88. The molecule has 1 heterocycles. The monoisotopic (exact) mass is 262 g/mol. The van der Waals surface area contributed by atoms with E-state index in [9.17, 15) is 4.79 Å². The van der Waals surface area contributed by atoms with Crippen LogP contribution >= 0.6 is 0 Å². The maximum atomic E-state index is 10.7. The summed E-state index contributed by atoms with van der Waals surface area (Å²) in [4.78, 5) is 15.0. The Kier molecular flexibility index (Phi) is 4.25. The van der Waals surface area contributed by atoms with Crippen molar-refractivity contribution >= 4 is 5.97 Å². The Balaban J connectivity index is 2.07. The standard InChI is InChI=1S/C13H14N2O4/c1-2-18-8-7-11-14-12(19-15-11)9-3-5-10(6-4-9)13(16)17/h3-6H,2,7-8H2,1H3,(H,16,17). The fourth-order valence-corrected chi connectivity index (χ4v) is 1.54. The van der Waals surface area contributed by atoms with Crippen LogP contribution in [-0.4, -0.2) is 34.4 Å². The summed E-state index contributed by atoms with van der Waals surface area (Å²) >= 11 is 0. The van der Waals surface area contributed by atoms with Crippen LogP contribution in [0.25, 0.3) is 11.5 Å². The largest absolute Gasteiger partial charge is 0.478 e. The zero-order valence-electron chi connectivity index (χ0n) is 10.5. The summed E-state index contributed by atoms with van der Waals surface area (Å²) in [5, 5.41) is 12.6. The van der Waals surface area contributed by atoms with Gasteiger partial charge in [0.1, 0.15) is 0 Å². The number of hydrogen-bond acceptors (Lipinski definition) is 5. The van der Waals surface area contributed by atoms with Gasteiger partial charge in [0.25, 0.3) is 5.89 Å². The summed E-state index contributed by atoms with van der Waals surface area (Å²) in [6.45, 7) is 3.13. The Hall–Kier alpha value is -2.21. The Morgan fingerprint density at radius 2 is 2.11 bits per heavy atom. The summed E-state index contributed by atoms with van der Waals surface area (Å²) in [5.74, 6) is -0.0105. The molecule has 0 spiro atoms. The third-order valence-corrected chi connectivity index (χ3v) is 2.52. The number of hydrogen-bond donors (Lipinski definition) is 1. The highest BCUT2D eigenvalue weighted by atomic mass is 16.5. The Morgan fingerprint density at radius 1 is 1.37 bits per heavy atom. The van der Waals surface area contributed by atoms with Crippen molar-refractivity contribution < 1.29 is 19.2 Å². The smallest absolute Gasteiger partial charge is 0.335 e. The van der Waals surface area contributed by atoms with Gasteiger partial charge in [-0.15, -0.1) is 0 Å². The fraction of sp³-hybridized carbons (Fsp3) is 0.308. The third-order valence-electron chi connectivity index (χ3n) is 2.52. The van der Waals surface area contributed by atoms with E-state index in [-0.39, 0.29) is 5.56 Å². The molecule has 6 nitrogen and oxygen atoms in total. The van der Waals surface area contributed by atoms with Gasteiger partial charge in [0.15, 0.2) is 5.82 Å². The van der Waals surface area contributed by atoms with Crippen molar-refractivity contribution in [2.75, 3.05) is 13.2 Å². The zero-order chi connectivity index (χ0) is 13.7. The maximum absolute atomic E-state index is 10.7. The second-order valence-electron chi connectivity index (χ2n) is 3.85. The number of carboxylic acids is 1. The summed E-state index contributed by atoms with van der Waals surface area (Å²) in [6.07, 6.45) is 0.588. The van der Waals surface area contributed by atoms with Crippen LogP contribution in [0.2, 0.25) is 0 Å². The number of rotatable bonds is 6. The second-order valence-corrected chi connectivity index (χ2v) is 3.85. The summed E-state index contributed by atoms with van der Waals surface area (Å²) < 4.78 is 10.3. The van der Waals surface area contributed by atoms with Crippen LogP contribution in [0.3, 0.4) is 0 Å². The molecule has 0 amide bonds. The van der Waals surface area contributed by atoms with Crippen LogP contribution in [0.4, 0.5) is 0 Å². The van der Waals surface area contributed by atoms with E-state index in [2.05, 4.69) is 10.1 Å². The van der Waals surface area contributed by atoms with Gasteiger partial charge in [-0.25, -0.2) is 4.79 Å². The predicted molar refractivity (Wildman–Crippen MR) is 66.9 cm³/mol. The number of aromatic nitrogens is 2. The maximum Gasteiger partial charge on any atom is 0.335 e. The van der Waals surface area contributed by atoms with Gasteiger partial charge in [0.2, 0.25) is 0 Å². The number of carboxylic acid groups (broad SMARTS) is 1. The molecule has 0 fully saturated rings. The van der Waals surface area contributed by atoms with E-state index in [1.54, 1.807) is 12.1 Å². The number of ether oxygens (including phenoxy) is 1. The van der Waals surface area contributed by atoms with Gasteiger partial charge in [-0.2, -0.15) is 4.98 Å². The van der Waals surface area contributed by atoms with Crippen LogP contribution in [0.5, 0.6) is 0 Å². The lowest BCUT2D eigenvalue weighted by Gasteiger charge is -1.96. The van der Waals surface area contributed by atoms with Gasteiger partial charge < -0.3 is 14.4 Å². The molecule has 1 aromatic carbocycles. The van der Waals surface area contributed by atoms with Gasteiger partial charge in [-0.1, -0.05) is 5.16 Å². The molecule has 6 heteroatoms. The molecule has 0 saturated carbocycles. The van der Waals surface area contributed by atoms with Crippen molar-refractivity contribution in [3.8, 4) is 11.5 Å². The minimum Gasteiger partial charge on any atom is -0.478 e. The number of nitrogens with zero attached hydrogens (tertiary/aromatic N) is 2. The van der Waals surface area contributed by atoms with E-state index in [4.69, 9.17) is 14.4 Å². The number of benzene rings is 1. The molecule has 100 valence electrons. The van der Waals surface area contributed by atoms with Gasteiger partial charge in [-0.05, 0) is 31.2 Å². The normalized spacial score (nSPS) is 10.6. The van der Waals surface area contributed by atoms with Gasteiger partial charge in [0, 0.05) is 18.6 Å². The molecule has 2 rings (SSSR count). The molecular weight excluding hydrogens is 248 g/mol. The topological polar surface area (TPSA) is 85.5 Å². The molecule has 0 saturated heterocycles. The first-order valence-electron chi connectivity index (χ1n) is 5.94. The van der Waals surface area contributed by atoms with E-state index in [0.29, 0.717) is 36.9 Å². The van der Waals surface area contributed by atoms with Crippen molar-refractivity contribution in [1.82, 2.24) is 10.1 Å². The minimum absolute atomic E-state index is 0.222. The molecule has 0 aliphatic rings. The predicted octanol–water partition coefficient (Wildman–Crippen LogP) is 2.01. The number of carbonyl (C=O) groups is 1. The van der Waals surface area contributed by atoms with Crippen LogP contribution in [0.1, 0.15) is 23.1 Å². The van der Waals surface area contributed by atoms with Crippen molar-refractivity contribution in [3.63, 3.8) is 0 Å². The lowest BCUT2D eigenvalue weighted by Crippen LogP contribution is -1.99. The molecule has 0 atom stereocenters. The molecule has 0 unspecified atom stereocenters. The third kappa shape index (κ3) is 3.38. The Labute approximate surface area is 110 Å². The summed E-state index contributed by atoms with van der Waals surface area (Å²) in [7, 11) is 0. The minimum atomic E-state index is -0.963. The van der Waals surface area contributed by atoms with E-state index in [1.165, 1.54) is 12.1 Å². The highest BCUT2D eigenvalue weighted by Crippen LogP contribution is 2.17. The molecule has 0 radical (unpaired) electrons. The van der Waals surface area contributed by atoms with Gasteiger partial charge in [0.05, 0.1) is 12.2 Å². The van der Waals surface area contributed by atoms with Crippen molar-refractivity contribution in [1.29, 1.82) is 0 Å². The van der Waals surface area contributed by atoms with Crippen molar-refractivity contribution in [2.24, 2.45) is 0 Å². The summed E-state index contributed by atoms with van der Waals surface area (Å²) in [5.41, 5.74) is 0.917. The van der Waals surface area contributed by atoms with Gasteiger partial charge >= 0.3 is 5.97 Å². The van der Waals surface area contributed by atoms with Crippen LogP contribution in [-0.2, 0) is 11.2 Å². The molecule has 0 aliphatic carbocycles.